The second kappa shape index (κ2) is 9.01. The molecule has 5 rings (SSSR count). The average molecular weight is 460 g/mol. The van der Waals surface area contributed by atoms with Crippen molar-refractivity contribution >= 4 is 11.8 Å². The first-order valence-electron chi connectivity index (χ1n) is 11.8. The van der Waals surface area contributed by atoms with Gasteiger partial charge in [-0.3, -0.25) is 4.79 Å². The smallest absolute Gasteiger partial charge is 0.336 e. The van der Waals surface area contributed by atoms with Gasteiger partial charge in [0, 0.05) is 29.3 Å². The first-order chi connectivity index (χ1) is 16.4. The molecule has 0 amide bonds. The van der Waals surface area contributed by atoms with E-state index in [1.54, 1.807) is 0 Å². The third-order valence-electron chi connectivity index (χ3n) is 6.60. The van der Waals surface area contributed by atoms with Gasteiger partial charge in [-0.05, 0) is 48.4 Å². The summed E-state index contributed by atoms with van der Waals surface area (Å²) in [4.78, 5) is 26.9. The molecule has 1 N–H and O–H groups in total. The maximum absolute atomic E-state index is 13.6. The van der Waals surface area contributed by atoms with E-state index in [4.69, 9.17) is 14.2 Å². The lowest BCUT2D eigenvalue weighted by Crippen LogP contribution is -2.36. The molecule has 3 aliphatic rings. The molecule has 0 bridgehead atoms. The molecule has 2 aromatic rings. The number of dihydropyridines is 1. The summed E-state index contributed by atoms with van der Waals surface area (Å²) >= 11 is 0. The van der Waals surface area contributed by atoms with Crippen LogP contribution in [0.5, 0.6) is 11.5 Å². The molecule has 0 unspecified atom stereocenters. The van der Waals surface area contributed by atoms with Crippen molar-refractivity contribution in [2.24, 2.45) is 5.92 Å². The van der Waals surface area contributed by atoms with Gasteiger partial charge in [0.25, 0.3) is 0 Å². The number of Topliss-reactive ketones (excluding diaryl/α,β-unsaturated/α-hetero) is 1. The van der Waals surface area contributed by atoms with E-state index < -0.39 is 11.9 Å². The second-order valence-electron chi connectivity index (χ2n) is 9.53. The highest BCUT2D eigenvalue weighted by molar-refractivity contribution is 6.04. The Morgan fingerprint density at radius 1 is 1.06 bits per heavy atom. The van der Waals surface area contributed by atoms with E-state index in [1.165, 1.54) is 0 Å². The van der Waals surface area contributed by atoms with Crippen molar-refractivity contribution in [1.29, 1.82) is 0 Å². The second-order valence-corrected chi connectivity index (χ2v) is 9.53. The number of nitrogens with one attached hydrogen (secondary N) is 1. The Labute approximate surface area is 199 Å². The molecule has 1 aliphatic carbocycles. The van der Waals surface area contributed by atoms with E-state index in [1.807, 2.05) is 57.2 Å². The molecule has 0 aromatic heterocycles. The van der Waals surface area contributed by atoms with Crippen LogP contribution in [-0.4, -0.2) is 25.2 Å². The minimum atomic E-state index is -0.519. The van der Waals surface area contributed by atoms with Crippen LogP contribution in [0.1, 0.15) is 56.6 Å². The number of rotatable bonds is 5. The van der Waals surface area contributed by atoms with Crippen LogP contribution in [0.25, 0.3) is 0 Å². The summed E-state index contributed by atoms with van der Waals surface area (Å²) in [5, 5.41) is 3.40. The van der Waals surface area contributed by atoms with E-state index in [0.29, 0.717) is 42.1 Å². The number of carbonyl (C=O) groups excluding carboxylic acids is 2. The summed E-state index contributed by atoms with van der Waals surface area (Å²) < 4.78 is 16.7. The molecule has 2 aromatic carbocycles. The molecule has 34 heavy (non-hydrogen) atoms. The number of ether oxygens (including phenoxy) is 3. The predicted octanol–water partition coefficient (Wildman–Crippen LogP) is 4.98. The van der Waals surface area contributed by atoms with Gasteiger partial charge in [-0.25, -0.2) is 4.79 Å². The molecular formula is C28H29NO5. The lowest BCUT2D eigenvalue weighted by molar-refractivity contribution is -0.140. The SMILES string of the molecule is CC1=C(C(=O)OCC(C)C)[C@@H](c2ccc3c(c2)OCO3)C2=C(C[C@@H](c3ccccc3)CC2=O)N1. The standard InChI is InChI=1S/C28H29NO5/c1-16(2)14-32-28(31)25-17(3)29-21-11-20(18-7-5-4-6-8-18)12-22(30)27(21)26(25)19-9-10-23-24(13-19)34-15-33-23/h4-10,13,16,20,26,29H,11-12,14-15H2,1-3H3/t20-,26-/m1/s1. The highest BCUT2D eigenvalue weighted by atomic mass is 16.7. The monoisotopic (exact) mass is 459 g/mol. The molecule has 2 aliphatic heterocycles. The molecule has 0 spiro atoms. The van der Waals surface area contributed by atoms with Crippen molar-refractivity contribution in [2.45, 2.75) is 45.4 Å². The average Bonchev–Trinajstić information content (AvgIpc) is 3.30. The molecule has 176 valence electrons. The molecule has 0 saturated heterocycles. The Balaban J connectivity index is 1.57. The zero-order chi connectivity index (χ0) is 23.8. The topological polar surface area (TPSA) is 73.9 Å². The van der Waals surface area contributed by atoms with Gasteiger partial charge in [0.15, 0.2) is 17.3 Å². The maximum atomic E-state index is 13.6. The zero-order valence-electron chi connectivity index (χ0n) is 19.7. The van der Waals surface area contributed by atoms with Crippen molar-refractivity contribution in [3.63, 3.8) is 0 Å². The van der Waals surface area contributed by atoms with Crippen molar-refractivity contribution in [3.05, 3.63) is 82.2 Å². The fourth-order valence-corrected chi connectivity index (χ4v) is 5.02. The lowest BCUT2D eigenvalue weighted by atomic mass is 9.71. The third kappa shape index (κ3) is 4.09. The molecule has 0 radical (unpaired) electrons. The minimum absolute atomic E-state index is 0.0481. The first-order valence-corrected chi connectivity index (χ1v) is 11.8. The molecule has 2 atom stereocenters. The fraction of sp³-hybridized carbons (Fsp3) is 0.357. The van der Waals surface area contributed by atoms with E-state index in [-0.39, 0.29) is 24.4 Å². The number of hydrogen-bond donors (Lipinski definition) is 1. The van der Waals surface area contributed by atoms with Gasteiger partial charge in [0.05, 0.1) is 12.2 Å². The van der Waals surface area contributed by atoms with Crippen molar-refractivity contribution < 1.29 is 23.8 Å². The molecular weight excluding hydrogens is 430 g/mol. The normalized spacial score (nSPS) is 21.5. The predicted molar refractivity (Wildman–Crippen MR) is 127 cm³/mol. The Morgan fingerprint density at radius 3 is 2.59 bits per heavy atom. The van der Waals surface area contributed by atoms with Crippen LogP contribution in [0.4, 0.5) is 0 Å². The Morgan fingerprint density at radius 2 is 1.82 bits per heavy atom. The van der Waals surface area contributed by atoms with Gasteiger partial charge in [-0.15, -0.1) is 0 Å². The number of fused-ring (bicyclic) bond motifs is 1. The number of ketones is 1. The fourth-order valence-electron chi connectivity index (χ4n) is 5.02. The van der Waals surface area contributed by atoms with Gasteiger partial charge in [-0.2, -0.15) is 0 Å². The third-order valence-corrected chi connectivity index (χ3v) is 6.60. The van der Waals surface area contributed by atoms with Crippen LogP contribution in [-0.2, 0) is 14.3 Å². The highest BCUT2D eigenvalue weighted by Crippen LogP contribution is 2.47. The van der Waals surface area contributed by atoms with E-state index in [0.717, 1.165) is 22.5 Å². The maximum Gasteiger partial charge on any atom is 0.336 e. The minimum Gasteiger partial charge on any atom is -0.462 e. The van der Waals surface area contributed by atoms with Gasteiger partial charge in [0.1, 0.15) is 0 Å². The largest absolute Gasteiger partial charge is 0.462 e. The molecule has 6 nitrogen and oxygen atoms in total. The summed E-state index contributed by atoms with van der Waals surface area (Å²) in [7, 11) is 0. The molecule has 0 fully saturated rings. The van der Waals surface area contributed by atoms with Crippen molar-refractivity contribution in [1.82, 2.24) is 5.32 Å². The number of esters is 1. The van der Waals surface area contributed by atoms with Gasteiger partial charge in [-0.1, -0.05) is 50.2 Å². The number of allylic oxidation sites excluding steroid dienone is 3. The summed E-state index contributed by atoms with van der Waals surface area (Å²) in [6.45, 7) is 6.36. The Kier molecular flexibility index (Phi) is 5.90. The van der Waals surface area contributed by atoms with Crippen LogP contribution >= 0.6 is 0 Å². The van der Waals surface area contributed by atoms with Crippen LogP contribution in [0.3, 0.4) is 0 Å². The first kappa shape index (κ1) is 22.3. The molecule has 0 saturated carbocycles. The number of hydrogen-bond acceptors (Lipinski definition) is 6. The van der Waals surface area contributed by atoms with E-state index >= 15 is 0 Å². The Bertz CT molecular complexity index is 1190. The van der Waals surface area contributed by atoms with Gasteiger partial charge >= 0.3 is 5.97 Å². The van der Waals surface area contributed by atoms with Gasteiger partial charge in [0.2, 0.25) is 6.79 Å². The summed E-state index contributed by atoms with van der Waals surface area (Å²) in [5.74, 6) is 0.724. The van der Waals surface area contributed by atoms with Crippen LogP contribution in [0, 0.1) is 5.92 Å². The highest BCUT2D eigenvalue weighted by Gasteiger charge is 2.41. The molecule has 6 heteroatoms. The zero-order valence-corrected chi connectivity index (χ0v) is 19.7. The quantitative estimate of drug-likeness (QED) is 0.636. The van der Waals surface area contributed by atoms with Crippen LogP contribution in [0.15, 0.2) is 71.1 Å². The lowest BCUT2D eigenvalue weighted by Gasteiger charge is -2.36. The van der Waals surface area contributed by atoms with Crippen molar-refractivity contribution in [3.8, 4) is 11.5 Å². The van der Waals surface area contributed by atoms with E-state index in [9.17, 15) is 9.59 Å². The summed E-state index contributed by atoms with van der Waals surface area (Å²) in [6.07, 6.45) is 1.11. The van der Waals surface area contributed by atoms with E-state index in [2.05, 4.69) is 17.4 Å². The Hall–Kier alpha value is -3.54. The number of carbonyl (C=O) groups is 2. The van der Waals surface area contributed by atoms with Gasteiger partial charge < -0.3 is 19.5 Å². The number of benzene rings is 2. The summed E-state index contributed by atoms with van der Waals surface area (Å²) in [5.41, 5.74) is 4.69. The summed E-state index contributed by atoms with van der Waals surface area (Å²) in [6, 6.07) is 15.7. The molecule has 2 heterocycles. The van der Waals surface area contributed by atoms with Crippen molar-refractivity contribution in [2.75, 3.05) is 13.4 Å². The van der Waals surface area contributed by atoms with Crippen LogP contribution < -0.4 is 14.8 Å². The van der Waals surface area contributed by atoms with Crippen LogP contribution in [0.2, 0.25) is 0 Å².